The Kier molecular flexibility index (Phi) is 3.81. The van der Waals surface area contributed by atoms with Gasteiger partial charge in [0, 0.05) is 16.3 Å². The van der Waals surface area contributed by atoms with Gasteiger partial charge in [0.1, 0.15) is 6.10 Å². The maximum atomic E-state index is 9.32. The summed E-state index contributed by atoms with van der Waals surface area (Å²) in [5, 5.41) is 14.8. The predicted octanol–water partition coefficient (Wildman–Crippen LogP) is 2.42. The maximum absolute atomic E-state index is 9.32. The summed E-state index contributed by atoms with van der Waals surface area (Å²) in [5.41, 5.74) is 0. The second-order valence-electron chi connectivity index (χ2n) is 4.04. The zero-order valence-electron chi connectivity index (χ0n) is 9.58. The summed E-state index contributed by atoms with van der Waals surface area (Å²) in [5.74, 6) is 2.04. The Morgan fingerprint density at radius 3 is 2.75 bits per heavy atom. The minimum absolute atomic E-state index is 0.285. The standard InChI is InChI=1S/C10H16N2O2S2/c1-5(13)10-11-9(12-14-10)8-4-15-6(2)7(3)16-8/h5-8,13H,4H2,1-3H3. The average Bonchev–Trinajstić information content (AvgIpc) is 2.71. The highest BCUT2D eigenvalue weighted by molar-refractivity contribution is 8.07. The van der Waals surface area contributed by atoms with E-state index in [1.54, 1.807) is 6.92 Å². The Hall–Kier alpha value is -0.200. The third-order valence-electron chi connectivity index (χ3n) is 2.65. The van der Waals surface area contributed by atoms with Crippen molar-refractivity contribution in [3.8, 4) is 0 Å². The summed E-state index contributed by atoms with van der Waals surface area (Å²) >= 11 is 3.83. The SMILES string of the molecule is CC(O)c1nc(C2CSC(C)C(C)S2)no1. The highest BCUT2D eigenvalue weighted by Gasteiger charge is 2.30. The van der Waals surface area contributed by atoms with Crippen LogP contribution in [0.4, 0.5) is 0 Å². The summed E-state index contributed by atoms with van der Waals surface area (Å²) in [6, 6.07) is 0. The Morgan fingerprint density at radius 1 is 1.44 bits per heavy atom. The molecule has 1 saturated heterocycles. The highest BCUT2D eigenvalue weighted by atomic mass is 32.2. The monoisotopic (exact) mass is 260 g/mol. The van der Waals surface area contributed by atoms with Crippen LogP contribution in [0.15, 0.2) is 4.52 Å². The molecule has 4 atom stereocenters. The second-order valence-corrected chi connectivity index (χ2v) is 7.03. The van der Waals surface area contributed by atoms with Crippen LogP contribution in [-0.4, -0.2) is 31.5 Å². The van der Waals surface area contributed by atoms with Gasteiger partial charge < -0.3 is 9.63 Å². The number of aliphatic hydroxyl groups is 1. The van der Waals surface area contributed by atoms with Gasteiger partial charge in [-0.15, -0.1) is 11.8 Å². The van der Waals surface area contributed by atoms with Crippen molar-refractivity contribution in [2.24, 2.45) is 0 Å². The van der Waals surface area contributed by atoms with Crippen LogP contribution >= 0.6 is 23.5 Å². The van der Waals surface area contributed by atoms with Crippen molar-refractivity contribution >= 4 is 23.5 Å². The first-order chi connectivity index (χ1) is 7.58. The van der Waals surface area contributed by atoms with Crippen LogP contribution in [0.2, 0.25) is 0 Å². The highest BCUT2D eigenvalue weighted by Crippen LogP contribution is 2.43. The van der Waals surface area contributed by atoms with Gasteiger partial charge in [0.25, 0.3) is 5.89 Å². The lowest BCUT2D eigenvalue weighted by atomic mass is 10.3. The average molecular weight is 260 g/mol. The van der Waals surface area contributed by atoms with Gasteiger partial charge >= 0.3 is 0 Å². The molecule has 16 heavy (non-hydrogen) atoms. The molecule has 4 unspecified atom stereocenters. The first-order valence-electron chi connectivity index (χ1n) is 5.36. The molecule has 1 fully saturated rings. The Labute approximate surface area is 104 Å². The fourth-order valence-corrected chi connectivity index (χ4v) is 4.30. The summed E-state index contributed by atoms with van der Waals surface area (Å²) < 4.78 is 5.01. The topological polar surface area (TPSA) is 59.2 Å². The molecule has 1 N–H and O–H groups in total. The fraction of sp³-hybridized carbons (Fsp3) is 0.800. The number of aromatic nitrogens is 2. The van der Waals surface area contributed by atoms with Gasteiger partial charge in [-0.1, -0.05) is 19.0 Å². The molecule has 0 spiro atoms. The molecule has 0 aromatic carbocycles. The molecule has 90 valence electrons. The Bertz CT molecular complexity index is 356. The number of rotatable bonds is 2. The molecule has 1 aromatic rings. The zero-order valence-corrected chi connectivity index (χ0v) is 11.2. The molecule has 1 aromatic heterocycles. The molecule has 4 nitrogen and oxygen atoms in total. The summed E-state index contributed by atoms with van der Waals surface area (Å²) in [4.78, 5) is 4.23. The largest absolute Gasteiger partial charge is 0.384 e. The predicted molar refractivity (Wildman–Crippen MR) is 66.6 cm³/mol. The molecule has 0 saturated carbocycles. The van der Waals surface area contributed by atoms with E-state index in [1.165, 1.54) is 0 Å². The van der Waals surface area contributed by atoms with Gasteiger partial charge in [-0.3, -0.25) is 0 Å². The van der Waals surface area contributed by atoms with Crippen molar-refractivity contribution in [2.75, 3.05) is 5.75 Å². The molecule has 1 aliphatic rings. The van der Waals surface area contributed by atoms with E-state index in [-0.39, 0.29) is 5.25 Å². The second kappa shape index (κ2) is 4.98. The molecule has 0 radical (unpaired) electrons. The van der Waals surface area contributed by atoms with Crippen molar-refractivity contribution in [3.05, 3.63) is 11.7 Å². The first-order valence-corrected chi connectivity index (χ1v) is 7.35. The lowest BCUT2D eigenvalue weighted by Crippen LogP contribution is -2.22. The molecular formula is C10H16N2O2S2. The van der Waals surface area contributed by atoms with Gasteiger partial charge in [0.05, 0.1) is 5.25 Å². The van der Waals surface area contributed by atoms with Crippen LogP contribution in [0.25, 0.3) is 0 Å². The van der Waals surface area contributed by atoms with Crippen LogP contribution in [0.5, 0.6) is 0 Å². The van der Waals surface area contributed by atoms with E-state index < -0.39 is 6.10 Å². The zero-order chi connectivity index (χ0) is 11.7. The molecule has 6 heteroatoms. The minimum Gasteiger partial charge on any atom is -0.384 e. The lowest BCUT2D eigenvalue weighted by Gasteiger charge is -2.29. The van der Waals surface area contributed by atoms with Gasteiger partial charge in [0.15, 0.2) is 5.82 Å². The third kappa shape index (κ3) is 2.55. The van der Waals surface area contributed by atoms with E-state index in [0.29, 0.717) is 22.2 Å². The van der Waals surface area contributed by atoms with E-state index >= 15 is 0 Å². The maximum Gasteiger partial charge on any atom is 0.255 e. The Balaban J connectivity index is 2.07. The van der Waals surface area contributed by atoms with Crippen LogP contribution in [0, 0.1) is 0 Å². The third-order valence-corrected chi connectivity index (χ3v) is 6.04. The summed E-state index contributed by atoms with van der Waals surface area (Å²) in [6.45, 7) is 6.10. The van der Waals surface area contributed by atoms with Gasteiger partial charge in [-0.05, 0) is 6.92 Å². The van der Waals surface area contributed by atoms with Crippen molar-refractivity contribution in [3.63, 3.8) is 0 Å². The normalized spacial score (nSPS) is 32.6. The number of nitrogens with zero attached hydrogens (tertiary/aromatic N) is 2. The van der Waals surface area contributed by atoms with Crippen LogP contribution in [0.3, 0.4) is 0 Å². The summed E-state index contributed by atoms with van der Waals surface area (Å²) in [7, 11) is 0. The van der Waals surface area contributed by atoms with Crippen molar-refractivity contribution in [1.82, 2.24) is 10.1 Å². The molecule has 2 heterocycles. The van der Waals surface area contributed by atoms with Crippen LogP contribution in [-0.2, 0) is 0 Å². The molecule has 1 aliphatic heterocycles. The number of hydrogen-bond donors (Lipinski definition) is 1. The lowest BCUT2D eigenvalue weighted by molar-refractivity contribution is 0.151. The molecule has 2 rings (SSSR count). The fourth-order valence-electron chi connectivity index (χ4n) is 1.47. The molecule has 0 aliphatic carbocycles. The Morgan fingerprint density at radius 2 is 2.19 bits per heavy atom. The van der Waals surface area contributed by atoms with Crippen LogP contribution in [0.1, 0.15) is 43.8 Å². The van der Waals surface area contributed by atoms with Crippen LogP contribution < -0.4 is 0 Å². The van der Waals surface area contributed by atoms with E-state index in [0.717, 1.165) is 5.75 Å². The van der Waals surface area contributed by atoms with Crippen molar-refractivity contribution in [1.29, 1.82) is 0 Å². The first kappa shape index (κ1) is 12.3. The molecular weight excluding hydrogens is 244 g/mol. The summed E-state index contributed by atoms with van der Waals surface area (Å²) in [6.07, 6.45) is -0.682. The van der Waals surface area contributed by atoms with Crippen molar-refractivity contribution < 1.29 is 9.63 Å². The molecule has 0 amide bonds. The van der Waals surface area contributed by atoms with Gasteiger partial charge in [-0.2, -0.15) is 16.7 Å². The molecule has 0 bridgehead atoms. The van der Waals surface area contributed by atoms with Crippen molar-refractivity contribution in [2.45, 2.75) is 42.6 Å². The minimum atomic E-state index is -0.682. The number of hydrogen-bond acceptors (Lipinski definition) is 6. The van der Waals surface area contributed by atoms with E-state index in [1.807, 2.05) is 23.5 Å². The van der Waals surface area contributed by atoms with E-state index in [2.05, 4.69) is 24.0 Å². The number of aliphatic hydroxyl groups excluding tert-OH is 1. The number of thioether (sulfide) groups is 2. The quantitative estimate of drug-likeness (QED) is 0.881. The smallest absolute Gasteiger partial charge is 0.255 e. The van der Waals surface area contributed by atoms with E-state index in [4.69, 9.17) is 4.52 Å². The van der Waals surface area contributed by atoms with Gasteiger partial charge in [-0.25, -0.2) is 0 Å². The van der Waals surface area contributed by atoms with Gasteiger partial charge in [0.2, 0.25) is 0 Å². The van der Waals surface area contributed by atoms with E-state index in [9.17, 15) is 5.11 Å².